The maximum absolute atomic E-state index is 5.55. The van der Waals surface area contributed by atoms with Gasteiger partial charge in [0.05, 0.1) is 18.3 Å². The number of aryl methyl sites for hydroxylation is 1. The van der Waals surface area contributed by atoms with E-state index in [1.807, 2.05) is 19.1 Å². The van der Waals surface area contributed by atoms with Crippen molar-refractivity contribution < 1.29 is 4.74 Å². The molecule has 3 N–H and O–H groups in total. The van der Waals surface area contributed by atoms with Gasteiger partial charge in [-0.15, -0.1) is 5.10 Å². The van der Waals surface area contributed by atoms with Crippen molar-refractivity contribution in [1.82, 2.24) is 10.2 Å². The third-order valence-corrected chi connectivity index (χ3v) is 1.80. The molecule has 1 aromatic rings. The molecule has 1 unspecified atom stereocenters. The first-order valence-electron chi connectivity index (χ1n) is 4.52. The Labute approximate surface area is 83.7 Å². The van der Waals surface area contributed by atoms with Gasteiger partial charge in [-0.25, -0.2) is 0 Å². The van der Waals surface area contributed by atoms with Crippen molar-refractivity contribution >= 4 is 5.82 Å². The smallest absolute Gasteiger partial charge is 0.148 e. The van der Waals surface area contributed by atoms with E-state index >= 15 is 0 Å². The second-order valence-electron chi connectivity index (χ2n) is 3.09. The van der Waals surface area contributed by atoms with Crippen LogP contribution in [0.1, 0.15) is 5.69 Å². The summed E-state index contributed by atoms with van der Waals surface area (Å²) in [4.78, 5) is 0. The van der Waals surface area contributed by atoms with Crippen LogP contribution in [0.4, 0.5) is 5.82 Å². The van der Waals surface area contributed by atoms with Gasteiger partial charge in [-0.2, -0.15) is 5.10 Å². The van der Waals surface area contributed by atoms with E-state index in [1.165, 1.54) is 0 Å². The van der Waals surface area contributed by atoms with Crippen molar-refractivity contribution in [2.75, 3.05) is 25.6 Å². The third kappa shape index (κ3) is 3.27. The minimum atomic E-state index is 0.0806. The summed E-state index contributed by atoms with van der Waals surface area (Å²) in [6.45, 7) is 2.96. The molecule has 5 heteroatoms. The first kappa shape index (κ1) is 10.9. The molecule has 0 amide bonds. The lowest BCUT2D eigenvalue weighted by Crippen LogP contribution is -2.33. The molecule has 0 fully saturated rings. The predicted octanol–water partition coefficient (Wildman–Crippen LogP) is 0.171. The first-order chi connectivity index (χ1) is 6.76. The second kappa shape index (κ2) is 5.51. The molecule has 0 aliphatic rings. The van der Waals surface area contributed by atoms with Gasteiger partial charge in [0.15, 0.2) is 0 Å². The van der Waals surface area contributed by atoms with Crippen LogP contribution in [-0.4, -0.2) is 36.5 Å². The number of nitrogens with zero attached hydrogens (tertiary/aromatic N) is 2. The molecule has 0 saturated heterocycles. The summed E-state index contributed by atoms with van der Waals surface area (Å²) >= 11 is 0. The molecule has 0 aliphatic heterocycles. The quantitative estimate of drug-likeness (QED) is 0.702. The number of hydrogen-bond donors (Lipinski definition) is 2. The molecular formula is C9H16N4O. The van der Waals surface area contributed by atoms with Gasteiger partial charge in [-0.3, -0.25) is 0 Å². The van der Waals surface area contributed by atoms with Crippen molar-refractivity contribution in [3.63, 3.8) is 0 Å². The van der Waals surface area contributed by atoms with Crippen LogP contribution in [0, 0.1) is 6.92 Å². The fraction of sp³-hybridized carbons (Fsp3) is 0.556. The van der Waals surface area contributed by atoms with E-state index < -0.39 is 0 Å². The highest BCUT2D eigenvalue weighted by Gasteiger charge is 2.06. The van der Waals surface area contributed by atoms with Crippen molar-refractivity contribution in [3.05, 3.63) is 17.8 Å². The SMILES string of the molecule is COCC(CN)Nc1ccc(C)nn1. The van der Waals surface area contributed by atoms with Gasteiger partial charge in [0.1, 0.15) is 5.82 Å². The third-order valence-electron chi connectivity index (χ3n) is 1.80. The number of anilines is 1. The molecule has 78 valence electrons. The minimum absolute atomic E-state index is 0.0806. The van der Waals surface area contributed by atoms with Gasteiger partial charge in [0.2, 0.25) is 0 Å². The Morgan fingerprint density at radius 3 is 2.79 bits per heavy atom. The van der Waals surface area contributed by atoms with Gasteiger partial charge < -0.3 is 15.8 Å². The number of nitrogens with two attached hydrogens (primary N) is 1. The summed E-state index contributed by atoms with van der Waals surface area (Å²) in [7, 11) is 1.64. The average molecular weight is 196 g/mol. The van der Waals surface area contributed by atoms with Crippen LogP contribution in [0.25, 0.3) is 0 Å². The Balaban J connectivity index is 2.53. The zero-order valence-electron chi connectivity index (χ0n) is 8.53. The Morgan fingerprint density at radius 2 is 2.29 bits per heavy atom. The summed E-state index contributed by atoms with van der Waals surface area (Å²) in [5.41, 5.74) is 6.44. The van der Waals surface area contributed by atoms with Gasteiger partial charge in [0.25, 0.3) is 0 Å². The summed E-state index contributed by atoms with van der Waals surface area (Å²) < 4.78 is 5.00. The Morgan fingerprint density at radius 1 is 1.50 bits per heavy atom. The van der Waals surface area contributed by atoms with Crippen LogP contribution < -0.4 is 11.1 Å². The van der Waals surface area contributed by atoms with Gasteiger partial charge in [-0.05, 0) is 19.1 Å². The van der Waals surface area contributed by atoms with E-state index in [0.717, 1.165) is 11.5 Å². The van der Waals surface area contributed by atoms with E-state index in [0.29, 0.717) is 13.2 Å². The van der Waals surface area contributed by atoms with Gasteiger partial charge in [-0.1, -0.05) is 0 Å². The topological polar surface area (TPSA) is 73.1 Å². The molecule has 0 saturated carbocycles. The van der Waals surface area contributed by atoms with E-state index in [4.69, 9.17) is 10.5 Å². The van der Waals surface area contributed by atoms with Gasteiger partial charge in [0, 0.05) is 13.7 Å². The molecule has 0 aliphatic carbocycles. The predicted molar refractivity (Wildman–Crippen MR) is 55.1 cm³/mol. The summed E-state index contributed by atoms with van der Waals surface area (Å²) in [5, 5.41) is 11.0. The van der Waals surface area contributed by atoms with E-state index in [2.05, 4.69) is 15.5 Å². The molecule has 0 spiro atoms. The van der Waals surface area contributed by atoms with Crippen LogP contribution >= 0.6 is 0 Å². The summed E-state index contributed by atoms with van der Waals surface area (Å²) in [6, 6.07) is 3.85. The number of ether oxygens (including phenoxy) is 1. The molecule has 5 nitrogen and oxygen atoms in total. The number of rotatable bonds is 5. The highest BCUT2D eigenvalue weighted by Crippen LogP contribution is 2.02. The van der Waals surface area contributed by atoms with Crippen LogP contribution in [-0.2, 0) is 4.74 Å². The van der Waals surface area contributed by atoms with E-state index in [-0.39, 0.29) is 6.04 Å². The summed E-state index contributed by atoms with van der Waals surface area (Å²) in [5.74, 6) is 0.725. The molecule has 1 heterocycles. The lowest BCUT2D eigenvalue weighted by atomic mass is 10.3. The monoisotopic (exact) mass is 196 g/mol. The maximum Gasteiger partial charge on any atom is 0.148 e. The molecule has 0 radical (unpaired) electrons. The van der Waals surface area contributed by atoms with Gasteiger partial charge >= 0.3 is 0 Å². The zero-order chi connectivity index (χ0) is 10.4. The van der Waals surface area contributed by atoms with E-state index in [1.54, 1.807) is 7.11 Å². The highest BCUT2D eigenvalue weighted by atomic mass is 16.5. The molecular weight excluding hydrogens is 180 g/mol. The molecule has 1 rings (SSSR count). The number of aromatic nitrogens is 2. The number of hydrogen-bond acceptors (Lipinski definition) is 5. The largest absolute Gasteiger partial charge is 0.383 e. The molecule has 1 atom stereocenters. The lowest BCUT2D eigenvalue weighted by molar-refractivity contribution is 0.187. The zero-order valence-corrected chi connectivity index (χ0v) is 8.53. The average Bonchev–Trinajstić information content (AvgIpc) is 2.20. The normalized spacial score (nSPS) is 12.5. The van der Waals surface area contributed by atoms with Crippen molar-refractivity contribution in [2.24, 2.45) is 5.73 Å². The number of nitrogens with one attached hydrogen (secondary N) is 1. The fourth-order valence-electron chi connectivity index (χ4n) is 1.05. The Kier molecular flexibility index (Phi) is 4.28. The van der Waals surface area contributed by atoms with Crippen molar-refractivity contribution in [1.29, 1.82) is 0 Å². The molecule has 14 heavy (non-hydrogen) atoms. The minimum Gasteiger partial charge on any atom is -0.383 e. The van der Waals surface area contributed by atoms with Crippen molar-refractivity contribution in [3.8, 4) is 0 Å². The lowest BCUT2D eigenvalue weighted by Gasteiger charge is -2.15. The highest BCUT2D eigenvalue weighted by molar-refractivity contribution is 5.34. The maximum atomic E-state index is 5.55. The first-order valence-corrected chi connectivity index (χ1v) is 4.52. The van der Waals surface area contributed by atoms with Crippen LogP contribution in [0.3, 0.4) is 0 Å². The van der Waals surface area contributed by atoms with Crippen molar-refractivity contribution in [2.45, 2.75) is 13.0 Å². The Hall–Kier alpha value is -1.20. The molecule has 0 aromatic carbocycles. The summed E-state index contributed by atoms with van der Waals surface area (Å²) in [6.07, 6.45) is 0. The van der Waals surface area contributed by atoms with Crippen LogP contribution in [0.2, 0.25) is 0 Å². The standard InChI is InChI=1S/C9H16N4O/c1-7-3-4-9(13-12-7)11-8(5-10)6-14-2/h3-4,8H,5-6,10H2,1-2H3,(H,11,13). The Bertz CT molecular complexity index is 262. The number of methoxy groups -OCH3 is 1. The van der Waals surface area contributed by atoms with Crippen LogP contribution in [0.15, 0.2) is 12.1 Å². The molecule has 1 aromatic heterocycles. The second-order valence-corrected chi connectivity index (χ2v) is 3.09. The van der Waals surface area contributed by atoms with Crippen LogP contribution in [0.5, 0.6) is 0 Å². The molecule has 0 bridgehead atoms. The van der Waals surface area contributed by atoms with E-state index in [9.17, 15) is 0 Å². The fourth-order valence-corrected chi connectivity index (χ4v) is 1.05.